The molecule has 0 atom stereocenters. The van der Waals surface area contributed by atoms with E-state index in [1.807, 2.05) is 12.1 Å². The summed E-state index contributed by atoms with van der Waals surface area (Å²) in [5, 5.41) is 0. The van der Waals surface area contributed by atoms with Gasteiger partial charge >= 0.3 is 0 Å². The van der Waals surface area contributed by atoms with E-state index in [0.717, 1.165) is 29.0 Å². The van der Waals surface area contributed by atoms with Gasteiger partial charge in [-0.2, -0.15) is 0 Å². The molecular weight excluding hydrogens is 258 g/mol. The Kier molecular flexibility index (Phi) is 2.74. The Hall–Kier alpha value is -2.29. The summed E-state index contributed by atoms with van der Waals surface area (Å²) < 4.78 is 2.27. The number of nitrogens with zero attached hydrogens (tertiary/aromatic N) is 2. The maximum absolute atomic E-state index is 5.89. The fourth-order valence-corrected chi connectivity index (χ4v) is 3.37. The number of nitrogen functional groups attached to an aromatic ring is 1. The lowest BCUT2D eigenvalue weighted by molar-refractivity contribution is 0.903. The first-order chi connectivity index (χ1) is 10.3. The van der Waals surface area contributed by atoms with Crippen LogP contribution < -0.4 is 5.73 Å². The molecule has 4 rings (SSSR count). The number of nitrogens with two attached hydrogens (primary N) is 1. The van der Waals surface area contributed by atoms with Crippen LogP contribution in [-0.2, 0) is 19.3 Å². The SMILES string of the molecule is CCc1nc2cc(N)ccc2n1-c1ccc2c(c1)CCC2. The Bertz CT molecular complexity index is 830. The van der Waals surface area contributed by atoms with E-state index in [1.54, 1.807) is 0 Å². The van der Waals surface area contributed by atoms with Crippen LogP contribution >= 0.6 is 0 Å². The topological polar surface area (TPSA) is 43.8 Å². The van der Waals surface area contributed by atoms with Crippen molar-refractivity contribution in [2.24, 2.45) is 0 Å². The van der Waals surface area contributed by atoms with Crippen molar-refractivity contribution in [1.82, 2.24) is 9.55 Å². The highest BCUT2D eigenvalue weighted by Gasteiger charge is 2.15. The molecule has 0 saturated heterocycles. The van der Waals surface area contributed by atoms with Crippen molar-refractivity contribution in [2.75, 3.05) is 5.73 Å². The van der Waals surface area contributed by atoms with Crippen molar-refractivity contribution in [2.45, 2.75) is 32.6 Å². The summed E-state index contributed by atoms with van der Waals surface area (Å²) in [6.45, 7) is 2.15. The Morgan fingerprint density at radius 1 is 1.10 bits per heavy atom. The summed E-state index contributed by atoms with van der Waals surface area (Å²) >= 11 is 0. The molecule has 0 aliphatic heterocycles. The van der Waals surface area contributed by atoms with Crippen molar-refractivity contribution in [3.8, 4) is 5.69 Å². The van der Waals surface area contributed by atoms with E-state index >= 15 is 0 Å². The summed E-state index contributed by atoms with van der Waals surface area (Å²) in [5.74, 6) is 1.09. The number of rotatable bonds is 2. The van der Waals surface area contributed by atoms with Gasteiger partial charge in [0.25, 0.3) is 0 Å². The van der Waals surface area contributed by atoms with Crippen LogP contribution in [0.4, 0.5) is 5.69 Å². The lowest BCUT2D eigenvalue weighted by Gasteiger charge is -2.10. The monoisotopic (exact) mass is 277 g/mol. The van der Waals surface area contributed by atoms with Crippen LogP contribution in [0.3, 0.4) is 0 Å². The third-order valence-corrected chi connectivity index (χ3v) is 4.40. The molecule has 1 aromatic heterocycles. The first-order valence-electron chi connectivity index (χ1n) is 7.65. The number of benzene rings is 2. The summed E-state index contributed by atoms with van der Waals surface area (Å²) in [5.41, 5.74) is 13.0. The van der Waals surface area contributed by atoms with Gasteiger partial charge in [0, 0.05) is 17.8 Å². The maximum atomic E-state index is 5.89. The third-order valence-electron chi connectivity index (χ3n) is 4.40. The van der Waals surface area contributed by atoms with Crippen LogP contribution in [0, 0.1) is 0 Å². The molecule has 0 spiro atoms. The molecule has 0 bridgehead atoms. The molecule has 0 amide bonds. The summed E-state index contributed by atoms with van der Waals surface area (Å²) in [6.07, 6.45) is 4.61. The van der Waals surface area contributed by atoms with Crippen LogP contribution in [0.2, 0.25) is 0 Å². The minimum Gasteiger partial charge on any atom is -0.399 e. The standard InChI is InChI=1S/C18H19N3/c1-2-18-20-16-11-14(19)7-9-17(16)21(18)15-8-6-12-4-3-5-13(12)10-15/h6-11H,2-5,19H2,1H3. The predicted molar refractivity (Wildman–Crippen MR) is 86.9 cm³/mol. The quantitative estimate of drug-likeness (QED) is 0.726. The highest BCUT2D eigenvalue weighted by Crippen LogP contribution is 2.28. The fourth-order valence-electron chi connectivity index (χ4n) is 3.37. The Morgan fingerprint density at radius 2 is 1.95 bits per heavy atom. The molecule has 1 aliphatic carbocycles. The molecule has 2 N–H and O–H groups in total. The van der Waals surface area contributed by atoms with Gasteiger partial charge in [-0.15, -0.1) is 0 Å². The molecular formula is C18H19N3. The van der Waals surface area contributed by atoms with Gasteiger partial charge < -0.3 is 5.73 Å². The number of aromatic nitrogens is 2. The van der Waals surface area contributed by atoms with Gasteiger partial charge in [0.05, 0.1) is 11.0 Å². The maximum Gasteiger partial charge on any atom is 0.114 e. The van der Waals surface area contributed by atoms with Gasteiger partial charge in [0.15, 0.2) is 0 Å². The normalized spacial score (nSPS) is 13.8. The van der Waals surface area contributed by atoms with Gasteiger partial charge in [-0.3, -0.25) is 4.57 Å². The van der Waals surface area contributed by atoms with Crippen LogP contribution in [0.1, 0.15) is 30.3 Å². The molecule has 1 aliphatic rings. The minimum absolute atomic E-state index is 0.767. The molecule has 3 nitrogen and oxygen atoms in total. The number of imidazole rings is 1. The van der Waals surface area contributed by atoms with Gasteiger partial charge in [-0.25, -0.2) is 4.98 Å². The van der Waals surface area contributed by atoms with Crippen molar-refractivity contribution >= 4 is 16.7 Å². The Balaban J connectivity index is 1.96. The number of fused-ring (bicyclic) bond motifs is 2. The summed E-state index contributed by atoms with van der Waals surface area (Å²) in [6, 6.07) is 12.8. The molecule has 21 heavy (non-hydrogen) atoms. The van der Waals surface area contributed by atoms with Gasteiger partial charge in [-0.05, 0) is 60.7 Å². The summed E-state index contributed by atoms with van der Waals surface area (Å²) in [4.78, 5) is 4.74. The highest BCUT2D eigenvalue weighted by molar-refractivity contribution is 5.81. The Morgan fingerprint density at radius 3 is 2.81 bits per heavy atom. The highest BCUT2D eigenvalue weighted by atomic mass is 15.1. The number of aryl methyl sites for hydroxylation is 3. The van der Waals surface area contributed by atoms with Crippen LogP contribution in [-0.4, -0.2) is 9.55 Å². The van der Waals surface area contributed by atoms with Crippen molar-refractivity contribution in [1.29, 1.82) is 0 Å². The van der Waals surface area contributed by atoms with Crippen LogP contribution in [0.5, 0.6) is 0 Å². The minimum atomic E-state index is 0.767. The lowest BCUT2D eigenvalue weighted by Crippen LogP contribution is -2.01. The molecule has 1 heterocycles. The molecule has 0 radical (unpaired) electrons. The third kappa shape index (κ3) is 1.92. The molecule has 3 heteroatoms. The second-order valence-corrected chi connectivity index (χ2v) is 5.77. The van der Waals surface area contributed by atoms with Gasteiger partial charge in [0.1, 0.15) is 5.82 Å². The molecule has 0 saturated carbocycles. The average Bonchev–Trinajstić information content (AvgIpc) is 3.09. The van der Waals surface area contributed by atoms with E-state index in [2.05, 4.69) is 35.8 Å². The first-order valence-corrected chi connectivity index (χ1v) is 7.65. The summed E-state index contributed by atoms with van der Waals surface area (Å²) in [7, 11) is 0. The zero-order valence-electron chi connectivity index (χ0n) is 12.3. The van der Waals surface area contributed by atoms with E-state index in [-0.39, 0.29) is 0 Å². The predicted octanol–water partition coefficient (Wildman–Crippen LogP) is 3.66. The number of anilines is 1. The fraction of sp³-hybridized carbons (Fsp3) is 0.278. The second-order valence-electron chi connectivity index (χ2n) is 5.77. The molecule has 106 valence electrons. The molecule has 3 aromatic rings. The zero-order chi connectivity index (χ0) is 14.4. The van der Waals surface area contributed by atoms with E-state index in [4.69, 9.17) is 10.7 Å². The second kappa shape index (κ2) is 4.62. The van der Waals surface area contributed by atoms with E-state index in [0.29, 0.717) is 0 Å². The van der Waals surface area contributed by atoms with Crippen molar-refractivity contribution < 1.29 is 0 Å². The molecule has 2 aromatic carbocycles. The van der Waals surface area contributed by atoms with Gasteiger partial charge in [-0.1, -0.05) is 13.0 Å². The largest absolute Gasteiger partial charge is 0.399 e. The number of hydrogen-bond acceptors (Lipinski definition) is 2. The van der Waals surface area contributed by atoms with E-state index in [9.17, 15) is 0 Å². The van der Waals surface area contributed by atoms with Gasteiger partial charge in [0.2, 0.25) is 0 Å². The van der Waals surface area contributed by atoms with Crippen LogP contribution in [0.25, 0.3) is 16.7 Å². The smallest absolute Gasteiger partial charge is 0.114 e. The number of hydrogen-bond donors (Lipinski definition) is 1. The van der Waals surface area contributed by atoms with E-state index in [1.165, 1.54) is 36.1 Å². The Labute approximate surface area is 124 Å². The van der Waals surface area contributed by atoms with E-state index < -0.39 is 0 Å². The average molecular weight is 277 g/mol. The van der Waals surface area contributed by atoms with Crippen molar-refractivity contribution in [3.05, 3.63) is 53.3 Å². The molecule has 0 fully saturated rings. The zero-order valence-corrected chi connectivity index (χ0v) is 12.3. The lowest BCUT2D eigenvalue weighted by atomic mass is 10.1. The molecule has 0 unspecified atom stereocenters. The van der Waals surface area contributed by atoms with Crippen LogP contribution in [0.15, 0.2) is 36.4 Å². The first kappa shape index (κ1) is 12.5. The van der Waals surface area contributed by atoms with Crippen molar-refractivity contribution in [3.63, 3.8) is 0 Å².